The Labute approximate surface area is 161 Å². The van der Waals surface area contributed by atoms with Crippen LogP contribution in [0.2, 0.25) is 0 Å². The SMILES string of the molecule is O=C(CCCS(=O)c1ccc(Br)cc1)N1CCCC1CN1CCCC1. The minimum absolute atomic E-state index is 0.245. The highest BCUT2D eigenvalue weighted by Crippen LogP contribution is 2.22. The van der Waals surface area contributed by atoms with E-state index < -0.39 is 10.8 Å². The molecule has 2 aliphatic rings. The highest BCUT2D eigenvalue weighted by atomic mass is 79.9. The molecule has 2 atom stereocenters. The van der Waals surface area contributed by atoms with Crippen LogP contribution in [-0.2, 0) is 15.6 Å². The van der Waals surface area contributed by atoms with E-state index in [9.17, 15) is 9.00 Å². The summed E-state index contributed by atoms with van der Waals surface area (Å²) in [5.41, 5.74) is 0. The van der Waals surface area contributed by atoms with E-state index in [0.29, 0.717) is 24.6 Å². The first-order chi connectivity index (χ1) is 12.1. The van der Waals surface area contributed by atoms with Gasteiger partial charge in [0.15, 0.2) is 0 Å². The van der Waals surface area contributed by atoms with Crippen molar-refractivity contribution in [2.45, 2.75) is 49.5 Å². The first-order valence-electron chi connectivity index (χ1n) is 9.29. The molecule has 0 spiro atoms. The van der Waals surface area contributed by atoms with Gasteiger partial charge in [0.1, 0.15) is 0 Å². The molecule has 0 bridgehead atoms. The normalized spacial score (nSPS) is 22.4. The van der Waals surface area contributed by atoms with Gasteiger partial charge in [-0.3, -0.25) is 9.00 Å². The van der Waals surface area contributed by atoms with Crippen LogP contribution in [0.5, 0.6) is 0 Å². The molecular weight excluding hydrogens is 400 g/mol. The number of carbonyl (C=O) groups excluding carboxylic acids is 1. The standard InChI is InChI=1S/C19H27BrN2O2S/c20-16-7-9-18(10-8-16)25(24)14-4-6-19(23)22-13-3-5-17(22)15-21-11-1-2-12-21/h7-10,17H,1-6,11-15H2. The summed E-state index contributed by atoms with van der Waals surface area (Å²) in [7, 11) is -1.02. The van der Waals surface area contributed by atoms with Gasteiger partial charge in [-0.05, 0) is 69.5 Å². The van der Waals surface area contributed by atoms with Crippen molar-refractivity contribution in [1.82, 2.24) is 9.80 Å². The molecule has 2 aliphatic heterocycles. The van der Waals surface area contributed by atoms with Crippen molar-refractivity contribution in [3.63, 3.8) is 0 Å². The average molecular weight is 427 g/mol. The Morgan fingerprint density at radius 2 is 1.84 bits per heavy atom. The second-order valence-electron chi connectivity index (χ2n) is 7.00. The maximum atomic E-state index is 12.6. The first kappa shape index (κ1) is 19.1. The van der Waals surface area contributed by atoms with Crippen LogP contribution in [0.4, 0.5) is 0 Å². The molecular formula is C19H27BrN2O2S. The van der Waals surface area contributed by atoms with Crippen LogP contribution in [0.15, 0.2) is 33.6 Å². The number of carbonyl (C=O) groups is 1. The summed E-state index contributed by atoms with van der Waals surface area (Å²) in [5, 5.41) is 0. The maximum absolute atomic E-state index is 12.6. The van der Waals surface area contributed by atoms with E-state index >= 15 is 0 Å². The molecule has 4 nitrogen and oxygen atoms in total. The molecule has 0 aliphatic carbocycles. The predicted molar refractivity (Wildman–Crippen MR) is 105 cm³/mol. The summed E-state index contributed by atoms with van der Waals surface area (Å²) in [4.78, 5) is 18.0. The van der Waals surface area contributed by atoms with Crippen LogP contribution >= 0.6 is 15.9 Å². The van der Waals surface area contributed by atoms with Gasteiger partial charge in [-0.2, -0.15) is 0 Å². The Morgan fingerprint density at radius 1 is 1.12 bits per heavy atom. The molecule has 1 aromatic carbocycles. The minimum atomic E-state index is -1.02. The van der Waals surface area contributed by atoms with Crippen molar-refractivity contribution in [3.8, 4) is 0 Å². The van der Waals surface area contributed by atoms with Crippen LogP contribution in [0.25, 0.3) is 0 Å². The summed E-state index contributed by atoms with van der Waals surface area (Å²) in [6.45, 7) is 4.30. The molecule has 1 aromatic rings. The van der Waals surface area contributed by atoms with Gasteiger partial charge in [-0.25, -0.2) is 0 Å². The number of halogens is 1. The van der Waals surface area contributed by atoms with Gasteiger partial charge in [0.25, 0.3) is 0 Å². The lowest BCUT2D eigenvalue weighted by molar-refractivity contribution is -0.132. The Morgan fingerprint density at radius 3 is 2.56 bits per heavy atom. The van der Waals surface area contributed by atoms with Crippen LogP contribution in [-0.4, -0.2) is 57.9 Å². The third kappa shape index (κ3) is 5.38. The summed E-state index contributed by atoms with van der Waals surface area (Å²) in [6.07, 6.45) is 6.04. The van der Waals surface area contributed by atoms with Crippen molar-refractivity contribution in [3.05, 3.63) is 28.7 Å². The lowest BCUT2D eigenvalue weighted by Gasteiger charge is -2.28. The van der Waals surface area contributed by atoms with Crippen molar-refractivity contribution < 1.29 is 9.00 Å². The lowest BCUT2D eigenvalue weighted by atomic mass is 10.2. The van der Waals surface area contributed by atoms with E-state index in [4.69, 9.17) is 0 Å². The summed E-state index contributed by atoms with van der Waals surface area (Å²) in [5.74, 6) is 0.798. The largest absolute Gasteiger partial charge is 0.338 e. The zero-order valence-electron chi connectivity index (χ0n) is 14.7. The van der Waals surface area contributed by atoms with E-state index in [1.807, 2.05) is 24.3 Å². The predicted octanol–water partition coefficient (Wildman–Crippen LogP) is 3.42. The van der Waals surface area contributed by atoms with E-state index in [0.717, 1.165) is 35.3 Å². The van der Waals surface area contributed by atoms with Gasteiger partial charge >= 0.3 is 0 Å². The molecule has 0 radical (unpaired) electrons. The Balaban J connectivity index is 1.43. The molecule has 0 aromatic heterocycles. The van der Waals surface area contributed by atoms with Crippen LogP contribution in [0.1, 0.15) is 38.5 Å². The Bertz CT molecular complexity index is 602. The number of nitrogens with zero attached hydrogens (tertiary/aromatic N) is 2. The molecule has 2 heterocycles. The molecule has 0 N–H and O–H groups in total. The fourth-order valence-electron chi connectivity index (χ4n) is 3.82. The molecule has 138 valence electrons. The molecule has 2 unspecified atom stereocenters. The smallest absolute Gasteiger partial charge is 0.222 e. The molecule has 2 fully saturated rings. The second-order valence-corrected chi connectivity index (χ2v) is 9.48. The Hall–Kier alpha value is -0.720. The highest BCUT2D eigenvalue weighted by molar-refractivity contribution is 9.10. The third-order valence-electron chi connectivity index (χ3n) is 5.16. The zero-order chi connectivity index (χ0) is 17.6. The van der Waals surface area contributed by atoms with Crippen molar-refractivity contribution >= 4 is 32.6 Å². The molecule has 2 saturated heterocycles. The number of likely N-dealkylation sites (tertiary alicyclic amines) is 2. The number of amides is 1. The summed E-state index contributed by atoms with van der Waals surface area (Å²) in [6, 6.07) is 7.97. The number of hydrogen-bond donors (Lipinski definition) is 0. The van der Waals surface area contributed by atoms with Crippen LogP contribution in [0, 0.1) is 0 Å². The van der Waals surface area contributed by atoms with Crippen LogP contribution in [0.3, 0.4) is 0 Å². The Kier molecular flexibility index (Phi) is 7.08. The molecule has 3 rings (SSSR count). The fraction of sp³-hybridized carbons (Fsp3) is 0.632. The van der Waals surface area contributed by atoms with Gasteiger partial charge in [0.05, 0.1) is 10.8 Å². The molecule has 6 heteroatoms. The first-order valence-corrected chi connectivity index (χ1v) is 11.4. The fourth-order valence-corrected chi connectivity index (χ4v) is 5.17. The second kappa shape index (κ2) is 9.28. The molecule has 1 amide bonds. The lowest BCUT2D eigenvalue weighted by Crippen LogP contribution is -2.42. The maximum Gasteiger partial charge on any atom is 0.222 e. The van der Waals surface area contributed by atoms with Gasteiger partial charge < -0.3 is 9.80 Å². The highest BCUT2D eigenvalue weighted by Gasteiger charge is 2.30. The summed E-state index contributed by atoms with van der Waals surface area (Å²) < 4.78 is 13.3. The zero-order valence-corrected chi connectivity index (χ0v) is 17.1. The minimum Gasteiger partial charge on any atom is -0.338 e. The van der Waals surface area contributed by atoms with E-state index in [1.54, 1.807) is 0 Å². The number of rotatable bonds is 7. The summed E-state index contributed by atoms with van der Waals surface area (Å²) >= 11 is 3.39. The van der Waals surface area contributed by atoms with Gasteiger partial charge in [-0.1, -0.05) is 15.9 Å². The topological polar surface area (TPSA) is 40.6 Å². The quantitative estimate of drug-likeness (QED) is 0.670. The molecule has 0 saturated carbocycles. The monoisotopic (exact) mass is 426 g/mol. The molecule has 25 heavy (non-hydrogen) atoms. The van der Waals surface area contributed by atoms with Gasteiger partial charge in [0, 0.05) is 40.7 Å². The van der Waals surface area contributed by atoms with E-state index in [-0.39, 0.29) is 5.91 Å². The third-order valence-corrected chi connectivity index (χ3v) is 7.15. The number of benzene rings is 1. The van der Waals surface area contributed by atoms with Crippen LogP contribution < -0.4 is 0 Å². The van der Waals surface area contributed by atoms with E-state index in [1.165, 1.54) is 25.9 Å². The van der Waals surface area contributed by atoms with Crippen molar-refractivity contribution in [1.29, 1.82) is 0 Å². The van der Waals surface area contributed by atoms with E-state index in [2.05, 4.69) is 25.7 Å². The average Bonchev–Trinajstić information content (AvgIpc) is 3.27. The van der Waals surface area contributed by atoms with Crippen molar-refractivity contribution in [2.75, 3.05) is 31.9 Å². The van der Waals surface area contributed by atoms with Crippen molar-refractivity contribution in [2.24, 2.45) is 0 Å². The van der Waals surface area contributed by atoms with Gasteiger partial charge in [0.2, 0.25) is 5.91 Å². The van der Waals surface area contributed by atoms with Gasteiger partial charge in [-0.15, -0.1) is 0 Å². The number of hydrogen-bond acceptors (Lipinski definition) is 3.